The molecule has 0 saturated heterocycles. The fourth-order valence-electron chi connectivity index (χ4n) is 3.76. The molecule has 2 heterocycles. The summed E-state index contributed by atoms with van der Waals surface area (Å²) in [5, 5.41) is 22.7. The number of amides is 2. The molecule has 9 nitrogen and oxygen atoms in total. The minimum Gasteiger partial charge on any atom is -0.480 e. The number of nitrogens with one attached hydrogen (secondary N) is 3. The third-order valence-corrected chi connectivity index (χ3v) is 5.89. The van der Waals surface area contributed by atoms with E-state index in [1.807, 2.05) is 0 Å². The Labute approximate surface area is 210 Å². The largest absolute Gasteiger partial charge is 0.480 e. The van der Waals surface area contributed by atoms with Gasteiger partial charge in [-0.1, -0.05) is 23.7 Å². The lowest BCUT2D eigenvalue weighted by molar-refractivity contribution is 0.0935. The van der Waals surface area contributed by atoms with E-state index in [9.17, 15) is 19.1 Å². The number of hydrogen-bond donors (Lipinski definition) is 4. The molecule has 2 amide bonds. The first-order valence-corrected chi connectivity index (χ1v) is 11.4. The lowest BCUT2D eigenvalue weighted by Gasteiger charge is -2.13. The second-order valence-electron chi connectivity index (χ2n) is 7.92. The number of rotatable bonds is 8. The van der Waals surface area contributed by atoms with Gasteiger partial charge in [0.15, 0.2) is 5.69 Å². The molecule has 0 unspecified atom stereocenters. The molecule has 0 bridgehead atoms. The van der Waals surface area contributed by atoms with E-state index in [0.717, 1.165) is 0 Å². The number of benzene rings is 2. The van der Waals surface area contributed by atoms with Gasteiger partial charge in [-0.2, -0.15) is 5.10 Å². The van der Waals surface area contributed by atoms with Gasteiger partial charge in [0.1, 0.15) is 11.4 Å². The summed E-state index contributed by atoms with van der Waals surface area (Å²) in [5.74, 6) is -1.53. The quantitative estimate of drug-likeness (QED) is 0.286. The van der Waals surface area contributed by atoms with Crippen LogP contribution < -0.4 is 15.4 Å². The predicted molar refractivity (Wildman–Crippen MR) is 133 cm³/mol. The van der Waals surface area contributed by atoms with Crippen molar-refractivity contribution in [2.75, 3.05) is 20.7 Å². The Hall–Kier alpha value is -4.02. The summed E-state index contributed by atoms with van der Waals surface area (Å²) in [6.07, 6.45) is 0.951. The lowest BCUT2D eigenvalue weighted by Crippen LogP contribution is -2.26. The van der Waals surface area contributed by atoms with E-state index < -0.39 is 23.7 Å². The summed E-state index contributed by atoms with van der Waals surface area (Å²) in [6.45, 7) is 0.188. The van der Waals surface area contributed by atoms with E-state index in [-0.39, 0.29) is 35.5 Å². The molecule has 1 atom stereocenters. The summed E-state index contributed by atoms with van der Waals surface area (Å²) in [4.78, 5) is 29.0. The van der Waals surface area contributed by atoms with Crippen LogP contribution in [0.2, 0.25) is 5.02 Å². The molecule has 11 heteroatoms. The number of H-pyrrole nitrogens is 1. The Balaban J connectivity index is 1.54. The Kier molecular flexibility index (Phi) is 7.47. The van der Waals surface area contributed by atoms with E-state index in [1.54, 1.807) is 30.3 Å². The Bertz CT molecular complexity index is 1420. The fraction of sp³-hybridized carbons (Fsp3) is 0.200. The highest BCUT2D eigenvalue weighted by Crippen LogP contribution is 2.30. The first-order chi connectivity index (χ1) is 17.3. The molecule has 0 aliphatic heterocycles. The number of aliphatic hydroxyl groups excluding tert-OH is 1. The van der Waals surface area contributed by atoms with Gasteiger partial charge in [-0.25, -0.2) is 9.37 Å². The molecular weight excluding hydrogens is 489 g/mol. The van der Waals surface area contributed by atoms with Crippen LogP contribution in [0.1, 0.15) is 38.9 Å². The van der Waals surface area contributed by atoms with Crippen molar-refractivity contribution in [1.82, 2.24) is 25.8 Å². The smallest absolute Gasteiger partial charge is 0.272 e. The second kappa shape index (κ2) is 10.7. The molecule has 2 aromatic heterocycles. The molecule has 4 rings (SSSR count). The number of carbonyl (C=O) groups excluding carboxylic acids is 2. The highest BCUT2D eigenvalue weighted by molar-refractivity contribution is 6.30. The number of aromatic nitrogens is 3. The average molecular weight is 512 g/mol. The van der Waals surface area contributed by atoms with Crippen LogP contribution in [0.4, 0.5) is 4.39 Å². The number of carbonyl (C=O) groups is 2. The molecule has 2 aromatic carbocycles. The zero-order valence-electron chi connectivity index (χ0n) is 19.4. The van der Waals surface area contributed by atoms with Gasteiger partial charge in [-0.05, 0) is 47.9 Å². The number of aromatic amines is 1. The molecule has 0 fully saturated rings. The zero-order valence-corrected chi connectivity index (χ0v) is 20.2. The van der Waals surface area contributed by atoms with Crippen molar-refractivity contribution in [2.45, 2.75) is 12.5 Å². The number of ether oxygens (including phenoxy) is 1. The van der Waals surface area contributed by atoms with Gasteiger partial charge in [0, 0.05) is 30.4 Å². The topological polar surface area (TPSA) is 129 Å². The van der Waals surface area contributed by atoms with E-state index >= 15 is 0 Å². The average Bonchev–Trinajstić information content (AvgIpc) is 3.33. The van der Waals surface area contributed by atoms with E-state index in [4.69, 9.17) is 16.3 Å². The summed E-state index contributed by atoms with van der Waals surface area (Å²) in [5.41, 5.74) is 1.98. The summed E-state index contributed by atoms with van der Waals surface area (Å²) in [6, 6.07) is 11.2. The van der Waals surface area contributed by atoms with Crippen molar-refractivity contribution in [2.24, 2.45) is 0 Å². The van der Waals surface area contributed by atoms with Crippen molar-refractivity contribution in [1.29, 1.82) is 0 Å². The molecule has 4 N–H and O–H groups in total. The van der Waals surface area contributed by atoms with Gasteiger partial charge in [-0.3, -0.25) is 14.7 Å². The monoisotopic (exact) mass is 511 g/mol. The number of fused-ring (bicyclic) bond motifs is 1. The van der Waals surface area contributed by atoms with Crippen LogP contribution in [0.15, 0.2) is 48.7 Å². The van der Waals surface area contributed by atoms with Crippen molar-refractivity contribution >= 4 is 34.3 Å². The third kappa shape index (κ3) is 5.14. The fourth-order valence-corrected chi connectivity index (χ4v) is 3.89. The minimum absolute atomic E-state index is 0.0507. The van der Waals surface area contributed by atoms with Gasteiger partial charge in [0.25, 0.3) is 11.8 Å². The van der Waals surface area contributed by atoms with E-state index in [0.29, 0.717) is 27.2 Å². The van der Waals surface area contributed by atoms with Crippen molar-refractivity contribution in [3.05, 3.63) is 76.3 Å². The molecule has 0 spiro atoms. The number of aliphatic hydroxyl groups is 1. The van der Waals surface area contributed by atoms with Crippen LogP contribution in [0, 0.1) is 5.82 Å². The number of hydrogen-bond acceptors (Lipinski definition) is 6. The number of nitrogens with zero attached hydrogens (tertiary/aromatic N) is 2. The maximum Gasteiger partial charge on any atom is 0.272 e. The van der Waals surface area contributed by atoms with Crippen LogP contribution in [0.3, 0.4) is 0 Å². The Morgan fingerprint density at radius 2 is 1.92 bits per heavy atom. The first-order valence-electron chi connectivity index (χ1n) is 11.0. The Morgan fingerprint density at radius 3 is 2.61 bits per heavy atom. The maximum atomic E-state index is 14.9. The van der Waals surface area contributed by atoms with E-state index in [1.165, 1.54) is 32.5 Å². The highest BCUT2D eigenvalue weighted by Gasteiger charge is 2.20. The molecule has 36 heavy (non-hydrogen) atoms. The van der Waals surface area contributed by atoms with Gasteiger partial charge < -0.3 is 20.5 Å². The standard InChI is InChI=1S/C25H23ClFN5O4/c1-28-24(35)22-21-18(27)10-14(11-19(21)31-32-22)15-9-17(25(36-2)30-12-15)23(34)29-8-7-20(33)13-3-5-16(26)6-4-13/h3-6,9-12,20,33H,7-8H2,1-2H3,(H,28,35)(H,29,34)(H,31,32)/t20-/m0/s1. The molecule has 4 aromatic rings. The van der Waals surface area contributed by atoms with Gasteiger partial charge in [-0.15, -0.1) is 0 Å². The van der Waals surface area contributed by atoms with Crippen LogP contribution in [-0.2, 0) is 0 Å². The third-order valence-electron chi connectivity index (χ3n) is 5.64. The number of methoxy groups -OCH3 is 1. The molecule has 186 valence electrons. The highest BCUT2D eigenvalue weighted by atomic mass is 35.5. The lowest BCUT2D eigenvalue weighted by atomic mass is 10.0. The van der Waals surface area contributed by atoms with Crippen LogP contribution in [0.25, 0.3) is 22.0 Å². The summed E-state index contributed by atoms with van der Waals surface area (Å²) >= 11 is 5.87. The van der Waals surface area contributed by atoms with Crippen LogP contribution >= 0.6 is 11.6 Å². The number of pyridine rings is 1. The molecule has 0 radical (unpaired) electrons. The first kappa shape index (κ1) is 25.1. The molecule has 0 aliphatic carbocycles. The second-order valence-corrected chi connectivity index (χ2v) is 8.36. The van der Waals surface area contributed by atoms with Crippen molar-refractivity contribution in [3.63, 3.8) is 0 Å². The zero-order chi connectivity index (χ0) is 25.8. The molecule has 0 aliphatic rings. The molecule has 0 saturated carbocycles. The predicted octanol–water partition coefficient (Wildman–Crippen LogP) is 3.64. The van der Waals surface area contributed by atoms with Crippen LogP contribution in [-0.4, -0.2) is 52.8 Å². The van der Waals surface area contributed by atoms with Gasteiger partial charge >= 0.3 is 0 Å². The van der Waals surface area contributed by atoms with Gasteiger partial charge in [0.2, 0.25) is 5.88 Å². The molecular formula is C25H23ClFN5O4. The normalized spacial score (nSPS) is 11.8. The Morgan fingerprint density at radius 1 is 1.17 bits per heavy atom. The summed E-state index contributed by atoms with van der Waals surface area (Å²) < 4.78 is 20.2. The number of halogens is 2. The SMILES string of the molecule is CNC(=O)c1n[nH]c2cc(-c3cnc(OC)c(C(=O)NCC[C@H](O)c4ccc(Cl)cc4)c3)cc(F)c12. The minimum atomic E-state index is -0.780. The van der Waals surface area contributed by atoms with Crippen LogP contribution in [0.5, 0.6) is 5.88 Å². The van der Waals surface area contributed by atoms with Crippen molar-refractivity contribution < 1.29 is 23.8 Å². The van der Waals surface area contributed by atoms with Crippen molar-refractivity contribution in [3.8, 4) is 17.0 Å². The maximum absolute atomic E-state index is 14.9. The summed E-state index contributed by atoms with van der Waals surface area (Å²) in [7, 11) is 2.82. The van der Waals surface area contributed by atoms with Gasteiger partial charge in [0.05, 0.1) is 24.1 Å². The van der Waals surface area contributed by atoms with E-state index in [2.05, 4.69) is 25.8 Å².